The Morgan fingerprint density at radius 2 is 1.67 bits per heavy atom. The van der Waals surface area contributed by atoms with Crippen molar-refractivity contribution in [1.29, 1.82) is 0 Å². The van der Waals surface area contributed by atoms with E-state index >= 15 is 0 Å². The summed E-state index contributed by atoms with van der Waals surface area (Å²) in [6, 6.07) is 16.5. The lowest BCUT2D eigenvalue weighted by molar-refractivity contribution is -0.142. The highest BCUT2D eigenvalue weighted by atomic mass is 16.5. The summed E-state index contributed by atoms with van der Waals surface area (Å²) < 4.78 is 11.0. The number of ether oxygens (including phenoxy) is 2. The summed E-state index contributed by atoms with van der Waals surface area (Å²) in [5.74, 6) is 0.685. The molecule has 0 saturated heterocycles. The van der Waals surface area contributed by atoms with Crippen LogP contribution in [0.3, 0.4) is 0 Å². The molecule has 1 aliphatic rings. The first-order valence-corrected chi connectivity index (χ1v) is 10.5. The molecule has 0 bridgehead atoms. The number of methoxy groups -OCH3 is 1. The molecule has 2 amide bonds. The van der Waals surface area contributed by atoms with Gasteiger partial charge in [-0.1, -0.05) is 55.3 Å². The fourth-order valence-electron chi connectivity index (χ4n) is 3.72. The van der Waals surface area contributed by atoms with Crippen LogP contribution in [0.4, 0.5) is 0 Å². The average molecular weight is 411 g/mol. The van der Waals surface area contributed by atoms with Crippen molar-refractivity contribution in [2.45, 2.75) is 51.2 Å². The smallest absolute Gasteiger partial charge is 0.261 e. The van der Waals surface area contributed by atoms with Gasteiger partial charge in [0.15, 0.2) is 18.1 Å². The highest BCUT2D eigenvalue weighted by Gasteiger charge is 2.28. The third-order valence-electron chi connectivity index (χ3n) is 5.48. The summed E-state index contributed by atoms with van der Waals surface area (Å²) in [7, 11) is 1.56. The molecule has 2 aromatic rings. The molecule has 160 valence electrons. The second-order valence-corrected chi connectivity index (χ2v) is 7.61. The maximum absolute atomic E-state index is 13.1. The van der Waals surface area contributed by atoms with Gasteiger partial charge in [0.25, 0.3) is 5.91 Å². The van der Waals surface area contributed by atoms with Gasteiger partial charge in [0.1, 0.15) is 6.04 Å². The van der Waals surface area contributed by atoms with Crippen LogP contribution >= 0.6 is 0 Å². The second kappa shape index (κ2) is 10.7. The topological polar surface area (TPSA) is 67.9 Å². The zero-order chi connectivity index (χ0) is 21.3. The van der Waals surface area contributed by atoms with Crippen LogP contribution in [-0.4, -0.2) is 42.5 Å². The van der Waals surface area contributed by atoms with Crippen LogP contribution < -0.4 is 14.8 Å². The van der Waals surface area contributed by atoms with Gasteiger partial charge in [-0.05, 0) is 37.5 Å². The lowest BCUT2D eigenvalue weighted by Gasteiger charge is -2.29. The van der Waals surface area contributed by atoms with E-state index in [1.807, 2.05) is 42.5 Å². The molecule has 1 N–H and O–H groups in total. The fraction of sp³-hybridized carbons (Fsp3) is 0.417. The van der Waals surface area contributed by atoms with Crippen LogP contribution in [0.15, 0.2) is 54.6 Å². The van der Waals surface area contributed by atoms with E-state index in [1.54, 1.807) is 31.1 Å². The van der Waals surface area contributed by atoms with Crippen molar-refractivity contribution < 1.29 is 19.1 Å². The summed E-state index contributed by atoms with van der Waals surface area (Å²) in [6.07, 6.45) is 4.28. The van der Waals surface area contributed by atoms with Crippen LogP contribution in [0, 0.1) is 0 Å². The third kappa shape index (κ3) is 5.75. The van der Waals surface area contributed by atoms with Gasteiger partial charge in [-0.2, -0.15) is 0 Å². The van der Waals surface area contributed by atoms with Gasteiger partial charge in [-0.25, -0.2) is 0 Å². The molecule has 1 atom stereocenters. The molecule has 0 spiro atoms. The van der Waals surface area contributed by atoms with Crippen LogP contribution in [-0.2, 0) is 16.1 Å². The van der Waals surface area contributed by atoms with Crippen molar-refractivity contribution in [3.05, 3.63) is 60.2 Å². The van der Waals surface area contributed by atoms with Crippen molar-refractivity contribution in [3.8, 4) is 11.5 Å². The molecular weight excluding hydrogens is 380 g/mol. The van der Waals surface area contributed by atoms with Crippen LogP contribution in [0.1, 0.15) is 38.2 Å². The zero-order valence-electron chi connectivity index (χ0n) is 17.7. The van der Waals surface area contributed by atoms with E-state index in [9.17, 15) is 9.59 Å². The number of nitrogens with zero attached hydrogens (tertiary/aromatic N) is 1. The Labute approximate surface area is 178 Å². The molecule has 30 heavy (non-hydrogen) atoms. The fourth-order valence-corrected chi connectivity index (χ4v) is 3.72. The number of benzene rings is 2. The normalized spacial score (nSPS) is 14.7. The quantitative estimate of drug-likeness (QED) is 0.687. The number of carbonyl (C=O) groups is 2. The number of nitrogens with one attached hydrogen (secondary N) is 1. The molecule has 6 nitrogen and oxygen atoms in total. The second-order valence-electron chi connectivity index (χ2n) is 7.61. The minimum Gasteiger partial charge on any atom is -0.493 e. The van der Waals surface area contributed by atoms with Crippen LogP contribution in [0.5, 0.6) is 11.5 Å². The maximum atomic E-state index is 13.1. The summed E-state index contributed by atoms with van der Waals surface area (Å²) in [5, 5.41) is 3.10. The number of rotatable bonds is 9. The third-order valence-corrected chi connectivity index (χ3v) is 5.48. The molecule has 0 unspecified atom stereocenters. The Morgan fingerprint density at radius 1 is 1.03 bits per heavy atom. The van der Waals surface area contributed by atoms with Crippen molar-refractivity contribution in [1.82, 2.24) is 10.2 Å². The van der Waals surface area contributed by atoms with Gasteiger partial charge in [0.2, 0.25) is 5.91 Å². The molecule has 1 aliphatic carbocycles. The Balaban J connectivity index is 1.70. The summed E-state index contributed by atoms with van der Waals surface area (Å²) in [4.78, 5) is 27.5. The van der Waals surface area contributed by atoms with Gasteiger partial charge >= 0.3 is 0 Å². The SMILES string of the molecule is COc1ccccc1OCC(=O)N(Cc1ccccc1)[C@@H](C)C(=O)NC1CCCC1. The van der Waals surface area contributed by atoms with Crippen LogP contribution in [0.2, 0.25) is 0 Å². The Morgan fingerprint density at radius 3 is 2.33 bits per heavy atom. The molecule has 3 rings (SSSR count). The standard InChI is InChI=1S/C24H30N2O4/c1-18(24(28)25-20-12-6-7-13-20)26(16-19-10-4-3-5-11-19)23(27)17-30-22-15-9-8-14-21(22)29-2/h3-5,8-11,14-15,18,20H,6-7,12-13,16-17H2,1-2H3,(H,25,28)/t18-/m0/s1. The van der Waals surface area contributed by atoms with Gasteiger partial charge in [-0.15, -0.1) is 0 Å². The largest absolute Gasteiger partial charge is 0.493 e. The first kappa shape index (κ1) is 21.7. The number of hydrogen-bond acceptors (Lipinski definition) is 4. The van der Waals surface area contributed by atoms with Crippen molar-refractivity contribution in [3.63, 3.8) is 0 Å². The summed E-state index contributed by atoms with van der Waals surface area (Å²) in [5.41, 5.74) is 0.962. The Hall–Kier alpha value is -3.02. The molecular formula is C24H30N2O4. The Bertz CT molecular complexity index is 834. The van der Waals surface area contributed by atoms with Crippen molar-refractivity contribution >= 4 is 11.8 Å². The van der Waals surface area contributed by atoms with Gasteiger partial charge < -0.3 is 19.7 Å². The number of carbonyl (C=O) groups excluding carboxylic acids is 2. The van der Waals surface area contributed by atoms with Gasteiger partial charge in [0.05, 0.1) is 7.11 Å². The molecule has 0 heterocycles. The van der Waals surface area contributed by atoms with Crippen molar-refractivity contribution in [2.75, 3.05) is 13.7 Å². The van der Waals surface area contributed by atoms with E-state index in [4.69, 9.17) is 9.47 Å². The molecule has 2 aromatic carbocycles. The minimum atomic E-state index is -0.598. The molecule has 6 heteroatoms. The van der Waals surface area contributed by atoms with Gasteiger partial charge in [0, 0.05) is 12.6 Å². The lowest BCUT2D eigenvalue weighted by atomic mass is 10.1. The maximum Gasteiger partial charge on any atom is 0.261 e. The summed E-state index contributed by atoms with van der Waals surface area (Å²) in [6.45, 7) is 1.94. The highest BCUT2D eigenvalue weighted by molar-refractivity contribution is 5.88. The number of hydrogen-bond donors (Lipinski definition) is 1. The first-order chi connectivity index (χ1) is 14.6. The van der Waals surface area contributed by atoms with E-state index in [0.29, 0.717) is 18.0 Å². The van der Waals surface area contributed by atoms with E-state index < -0.39 is 6.04 Å². The summed E-state index contributed by atoms with van der Waals surface area (Å²) >= 11 is 0. The predicted molar refractivity (Wildman–Crippen MR) is 115 cm³/mol. The average Bonchev–Trinajstić information content (AvgIpc) is 3.29. The van der Waals surface area contributed by atoms with E-state index in [2.05, 4.69) is 5.32 Å². The predicted octanol–water partition coefficient (Wildman–Crippen LogP) is 3.55. The monoisotopic (exact) mass is 410 g/mol. The Kier molecular flexibility index (Phi) is 7.71. The van der Waals surface area contributed by atoms with Gasteiger partial charge in [-0.3, -0.25) is 9.59 Å². The van der Waals surface area contributed by atoms with E-state index in [-0.39, 0.29) is 24.5 Å². The molecule has 0 aliphatic heterocycles. The highest BCUT2D eigenvalue weighted by Crippen LogP contribution is 2.26. The molecule has 0 radical (unpaired) electrons. The zero-order valence-corrected chi connectivity index (χ0v) is 17.7. The molecule has 1 saturated carbocycles. The minimum absolute atomic E-state index is 0.122. The van der Waals surface area contributed by atoms with E-state index in [0.717, 1.165) is 31.2 Å². The van der Waals surface area contributed by atoms with E-state index in [1.165, 1.54) is 0 Å². The number of amides is 2. The molecule has 1 fully saturated rings. The first-order valence-electron chi connectivity index (χ1n) is 10.5. The molecule has 0 aromatic heterocycles. The number of para-hydroxylation sites is 2. The van der Waals surface area contributed by atoms with Crippen LogP contribution in [0.25, 0.3) is 0 Å². The van der Waals surface area contributed by atoms with Crippen molar-refractivity contribution in [2.24, 2.45) is 0 Å². The lowest BCUT2D eigenvalue weighted by Crippen LogP contribution is -2.50.